The van der Waals surface area contributed by atoms with Crippen molar-refractivity contribution in [2.45, 2.75) is 25.8 Å². The molecule has 0 aliphatic rings. The molecule has 0 aromatic heterocycles. The van der Waals surface area contributed by atoms with Gasteiger partial charge in [0.2, 0.25) is 0 Å². The zero-order chi connectivity index (χ0) is 10.6. The van der Waals surface area contributed by atoms with Crippen molar-refractivity contribution in [3.63, 3.8) is 0 Å². The molecule has 14 heavy (non-hydrogen) atoms. The van der Waals surface area contributed by atoms with E-state index in [-0.39, 0.29) is 6.04 Å². The second-order valence-electron chi connectivity index (χ2n) is 3.47. The third kappa shape index (κ3) is 3.31. The molecule has 0 amide bonds. The first-order valence-corrected chi connectivity index (χ1v) is 5.50. The van der Waals surface area contributed by atoms with E-state index in [0.717, 1.165) is 23.1 Å². The van der Waals surface area contributed by atoms with Crippen molar-refractivity contribution in [2.24, 2.45) is 5.73 Å². The first-order chi connectivity index (χ1) is 6.63. The summed E-state index contributed by atoms with van der Waals surface area (Å²) in [5.41, 5.74) is 6.93. The molecule has 0 saturated heterocycles. The molecule has 2 N–H and O–H groups in total. The minimum Gasteiger partial charge on any atom is -0.496 e. The summed E-state index contributed by atoms with van der Waals surface area (Å²) in [4.78, 5) is 0. The molecule has 1 rings (SSSR count). The van der Waals surface area contributed by atoms with Crippen LogP contribution in [0.5, 0.6) is 5.75 Å². The lowest BCUT2D eigenvalue weighted by molar-refractivity contribution is 0.408. The zero-order valence-electron chi connectivity index (χ0n) is 8.59. The van der Waals surface area contributed by atoms with Crippen molar-refractivity contribution in [3.8, 4) is 5.75 Å². The largest absolute Gasteiger partial charge is 0.496 e. The van der Waals surface area contributed by atoms with Gasteiger partial charge in [-0.3, -0.25) is 0 Å². The third-order valence-electron chi connectivity index (χ3n) is 2.12. The van der Waals surface area contributed by atoms with Crippen LogP contribution < -0.4 is 10.5 Å². The molecular weight excluding hydrogens is 242 g/mol. The summed E-state index contributed by atoms with van der Waals surface area (Å²) in [5.74, 6) is 0.931. The smallest absolute Gasteiger partial charge is 0.123 e. The van der Waals surface area contributed by atoms with E-state index < -0.39 is 0 Å². The first-order valence-electron chi connectivity index (χ1n) is 4.71. The van der Waals surface area contributed by atoms with Crippen LogP contribution in [0, 0.1) is 0 Å². The van der Waals surface area contributed by atoms with Crippen molar-refractivity contribution < 1.29 is 4.74 Å². The van der Waals surface area contributed by atoms with Gasteiger partial charge in [-0.05, 0) is 37.5 Å². The van der Waals surface area contributed by atoms with E-state index in [9.17, 15) is 0 Å². The first kappa shape index (κ1) is 11.5. The van der Waals surface area contributed by atoms with E-state index in [4.69, 9.17) is 10.5 Å². The summed E-state index contributed by atoms with van der Waals surface area (Å²) < 4.78 is 6.33. The Balaban J connectivity index is 2.75. The van der Waals surface area contributed by atoms with Crippen molar-refractivity contribution in [3.05, 3.63) is 28.2 Å². The number of hydrogen-bond acceptors (Lipinski definition) is 2. The molecule has 0 heterocycles. The Bertz CT molecular complexity index is 299. The molecule has 0 radical (unpaired) electrons. The van der Waals surface area contributed by atoms with E-state index in [1.165, 1.54) is 5.56 Å². The van der Waals surface area contributed by atoms with E-state index in [1.54, 1.807) is 7.11 Å². The van der Waals surface area contributed by atoms with Crippen LogP contribution in [0.25, 0.3) is 0 Å². The van der Waals surface area contributed by atoms with Gasteiger partial charge >= 0.3 is 0 Å². The van der Waals surface area contributed by atoms with Crippen LogP contribution in [0.3, 0.4) is 0 Å². The summed E-state index contributed by atoms with van der Waals surface area (Å²) in [5, 5.41) is 0. The second kappa shape index (κ2) is 5.37. The summed E-state index contributed by atoms with van der Waals surface area (Å²) in [6, 6.07) is 6.32. The lowest BCUT2D eigenvalue weighted by Gasteiger charge is -2.10. The highest BCUT2D eigenvalue weighted by atomic mass is 79.9. The van der Waals surface area contributed by atoms with Gasteiger partial charge in [-0.25, -0.2) is 0 Å². The molecule has 0 bridgehead atoms. The summed E-state index contributed by atoms with van der Waals surface area (Å²) in [7, 11) is 1.69. The van der Waals surface area contributed by atoms with Gasteiger partial charge in [-0.2, -0.15) is 0 Å². The van der Waals surface area contributed by atoms with Crippen molar-refractivity contribution in [1.82, 2.24) is 0 Å². The molecule has 0 fully saturated rings. The number of methoxy groups -OCH3 is 1. The summed E-state index contributed by atoms with van der Waals surface area (Å²) in [6.07, 6.45) is 1.95. The Labute approximate surface area is 93.6 Å². The number of halogens is 1. The molecule has 1 aromatic carbocycles. The average molecular weight is 258 g/mol. The van der Waals surface area contributed by atoms with Crippen LogP contribution in [-0.2, 0) is 6.42 Å². The monoisotopic (exact) mass is 257 g/mol. The Hall–Kier alpha value is -0.540. The van der Waals surface area contributed by atoms with Gasteiger partial charge in [-0.15, -0.1) is 0 Å². The molecule has 0 aliphatic carbocycles. The number of benzene rings is 1. The maximum atomic E-state index is 5.71. The molecule has 1 aromatic rings. The van der Waals surface area contributed by atoms with Gasteiger partial charge in [-0.1, -0.05) is 22.0 Å². The third-order valence-corrected chi connectivity index (χ3v) is 2.61. The van der Waals surface area contributed by atoms with Crippen LogP contribution in [0.2, 0.25) is 0 Å². The summed E-state index contributed by atoms with van der Waals surface area (Å²) >= 11 is 3.41. The molecule has 1 unspecified atom stereocenters. The molecule has 0 aliphatic heterocycles. The van der Waals surface area contributed by atoms with Gasteiger partial charge < -0.3 is 10.5 Å². The highest BCUT2D eigenvalue weighted by Crippen LogP contribution is 2.24. The molecular formula is C11H16BrNO. The van der Waals surface area contributed by atoms with Gasteiger partial charge in [0.1, 0.15) is 5.75 Å². The fraction of sp³-hybridized carbons (Fsp3) is 0.455. The molecule has 2 nitrogen and oxygen atoms in total. The number of ether oxygens (including phenoxy) is 1. The van der Waals surface area contributed by atoms with Gasteiger partial charge in [0.25, 0.3) is 0 Å². The minimum atomic E-state index is 0.239. The Morgan fingerprint density at radius 2 is 2.21 bits per heavy atom. The Morgan fingerprint density at radius 3 is 2.79 bits per heavy atom. The lowest BCUT2D eigenvalue weighted by atomic mass is 10.1. The quantitative estimate of drug-likeness (QED) is 0.901. The predicted molar refractivity (Wildman–Crippen MR) is 62.7 cm³/mol. The van der Waals surface area contributed by atoms with Crippen LogP contribution in [0.4, 0.5) is 0 Å². The van der Waals surface area contributed by atoms with E-state index >= 15 is 0 Å². The van der Waals surface area contributed by atoms with E-state index in [0.29, 0.717) is 0 Å². The molecule has 3 heteroatoms. The fourth-order valence-corrected chi connectivity index (χ4v) is 1.65. The van der Waals surface area contributed by atoms with Crippen LogP contribution >= 0.6 is 15.9 Å². The Morgan fingerprint density at radius 1 is 1.50 bits per heavy atom. The van der Waals surface area contributed by atoms with Gasteiger partial charge in [0.05, 0.1) is 7.11 Å². The molecule has 0 spiro atoms. The van der Waals surface area contributed by atoms with E-state index in [2.05, 4.69) is 22.0 Å². The predicted octanol–water partition coefficient (Wildman–Crippen LogP) is 2.74. The van der Waals surface area contributed by atoms with Crippen LogP contribution in [-0.4, -0.2) is 13.2 Å². The number of hydrogen-bond donors (Lipinski definition) is 1. The standard InChI is InChI=1S/C11H16BrNO/c1-8(13)3-4-9-5-6-10(12)7-11(9)14-2/h5-8H,3-4,13H2,1-2H3. The molecule has 1 atom stereocenters. The molecule has 78 valence electrons. The number of rotatable bonds is 4. The topological polar surface area (TPSA) is 35.2 Å². The maximum absolute atomic E-state index is 5.71. The normalized spacial score (nSPS) is 12.6. The number of nitrogens with two attached hydrogens (primary N) is 1. The Kier molecular flexibility index (Phi) is 4.42. The van der Waals surface area contributed by atoms with Gasteiger partial charge in [0, 0.05) is 10.5 Å². The van der Waals surface area contributed by atoms with Crippen molar-refractivity contribution in [2.75, 3.05) is 7.11 Å². The average Bonchev–Trinajstić information content (AvgIpc) is 2.15. The minimum absolute atomic E-state index is 0.239. The highest BCUT2D eigenvalue weighted by Gasteiger charge is 2.04. The zero-order valence-corrected chi connectivity index (χ0v) is 10.2. The maximum Gasteiger partial charge on any atom is 0.123 e. The van der Waals surface area contributed by atoms with E-state index in [1.807, 2.05) is 19.1 Å². The SMILES string of the molecule is COc1cc(Br)ccc1CCC(C)N. The van der Waals surface area contributed by atoms with Crippen molar-refractivity contribution >= 4 is 15.9 Å². The number of aryl methyl sites for hydroxylation is 1. The lowest BCUT2D eigenvalue weighted by Crippen LogP contribution is -2.15. The summed E-state index contributed by atoms with van der Waals surface area (Å²) in [6.45, 7) is 2.02. The second-order valence-corrected chi connectivity index (χ2v) is 4.39. The van der Waals surface area contributed by atoms with Gasteiger partial charge in [0.15, 0.2) is 0 Å². The van der Waals surface area contributed by atoms with Crippen LogP contribution in [0.1, 0.15) is 18.9 Å². The van der Waals surface area contributed by atoms with Crippen LogP contribution in [0.15, 0.2) is 22.7 Å². The highest BCUT2D eigenvalue weighted by molar-refractivity contribution is 9.10. The molecule has 0 saturated carbocycles. The van der Waals surface area contributed by atoms with Crippen molar-refractivity contribution in [1.29, 1.82) is 0 Å². The fourth-order valence-electron chi connectivity index (χ4n) is 1.31.